The highest BCUT2D eigenvalue weighted by Gasteiger charge is 2.17. The Hall–Kier alpha value is -0.710. The van der Waals surface area contributed by atoms with Crippen molar-refractivity contribution in [3.8, 4) is 0 Å². The SMILES string of the molecule is NCC(N)c1c(F)ccc(Cl)c1F. The molecule has 0 spiro atoms. The lowest BCUT2D eigenvalue weighted by molar-refractivity contribution is 0.528. The van der Waals surface area contributed by atoms with Gasteiger partial charge in [-0.1, -0.05) is 11.6 Å². The molecular formula is C8H9ClF2N2. The van der Waals surface area contributed by atoms with Gasteiger partial charge in [0.25, 0.3) is 0 Å². The highest BCUT2D eigenvalue weighted by Crippen LogP contribution is 2.24. The van der Waals surface area contributed by atoms with Crippen molar-refractivity contribution >= 4 is 11.6 Å². The number of nitrogens with two attached hydrogens (primary N) is 2. The predicted octanol–water partition coefficient (Wildman–Crippen LogP) is 1.58. The normalized spacial score (nSPS) is 13.0. The first-order valence-corrected chi connectivity index (χ1v) is 4.04. The summed E-state index contributed by atoms with van der Waals surface area (Å²) in [5, 5.41) is -0.152. The van der Waals surface area contributed by atoms with Crippen LogP contribution in [0, 0.1) is 11.6 Å². The van der Waals surface area contributed by atoms with Gasteiger partial charge in [0.05, 0.1) is 5.02 Å². The molecule has 0 aliphatic rings. The van der Waals surface area contributed by atoms with E-state index in [1.165, 1.54) is 0 Å². The van der Waals surface area contributed by atoms with E-state index in [4.69, 9.17) is 23.1 Å². The summed E-state index contributed by atoms with van der Waals surface area (Å²) in [6.07, 6.45) is 0. The predicted molar refractivity (Wildman–Crippen MR) is 47.4 cm³/mol. The molecule has 1 aromatic carbocycles. The third kappa shape index (κ3) is 1.96. The number of halogens is 3. The minimum absolute atomic E-state index is 0.0335. The highest BCUT2D eigenvalue weighted by atomic mass is 35.5. The number of hydrogen-bond acceptors (Lipinski definition) is 2. The van der Waals surface area contributed by atoms with Crippen LogP contribution >= 0.6 is 11.6 Å². The molecule has 1 atom stereocenters. The number of benzene rings is 1. The molecule has 2 nitrogen and oxygen atoms in total. The van der Waals surface area contributed by atoms with E-state index < -0.39 is 17.7 Å². The zero-order chi connectivity index (χ0) is 10.0. The molecule has 0 bridgehead atoms. The lowest BCUT2D eigenvalue weighted by Crippen LogP contribution is -2.23. The molecule has 0 heterocycles. The van der Waals surface area contributed by atoms with Crippen molar-refractivity contribution in [1.29, 1.82) is 0 Å². The smallest absolute Gasteiger partial charge is 0.149 e. The zero-order valence-electron chi connectivity index (χ0n) is 6.73. The van der Waals surface area contributed by atoms with Gasteiger partial charge < -0.3 is 11.5 Å². The summed E-state index contributed by atoms with van der Waals surface area (Å²) in [4.78, 5) is 0. The quantitative estimate of drug-likeness (QED) is 0.722. The van der Waals surface area contributed by atoms with Crippen molar-refractivity contribution in [1.82, 2.24) is 0 Å². The largest absolute Gasteiger partial charge is 0.329 e. The van der Waals surface area contributed by atoms with E-state index in [2.05, 4.69) is 0 Å². The maximum atomic E-state index is 13.2. The summed E-state index contributed by atoms with van der Waals surface area (Å²) in [5.74, 6) is -1.56. The Labute approximate surface area is 79.5 Å². The Kier molecular flexibility index (Phi) is 3.19. The molecule has 1 unspecified atom stereocenters. The van der Waals surface area contributed by atoms with Crippen molar-refractivity contribution in [3.63, 3.8) is 0 Å². The van der Waals surface area contributed by atoms with E-state index in [0.29, 0.717) is 0 Å². The fourth-order valence-electron chi connectivity index (χ4n) is 1.00. The van der Waals surface area contributed by atoms with Gasteiger partial charge in [0.2, 0.25) is 0 Å². The minimum Gasteiger partial charge on any atom is -0.329 e. The van der Waals surface area contributed by atoms with Crippen LogP contribution in [0.5, 0.6) is 0 Å². The molecule has 0 radical (unpaired) electrons. The Morgan fingerprint density at radius 2 is 2.00 bits per heavy atom. The van der Waals surface area contributed by atoms with Gasteiger partial charge in [-0.05, 0) is 12.1 Å². The van der Waals surface area contributed by atoms with E-state index in [-0.39, 0.29) is 17.1 Å². The van der Waals surface area contributed by atoms with E-state index in [1.807, 2.05) is 0 Å². The topological polar surface area (TPSA) is 52.0 Å². The average molecular weight is 207 g/mol. The van der Waals surface area contributed by atoms with Gasteiger partial charge in [-0.2, -0.15) is 0 Å². The van der Waals surface area contributed by atoms with Crippen molar-refractivity contribution in [3.05, 3.63) is 34.4 Å². The van der Waals surface area contributed by atoms with Crippen LogP contribution in [0.2, 0.25) is 5.02 Å². The van der Waals surface area contributed by atoms with Crippen LogP contribution < -0.4 is 11.5 Å². The van der Waals surface area contributed by atoms with Gasteiger partial charge in [-0.25, -0.2) is 8.78 Å². The van der Waals surface area contributed by atoms with Gasteiger partial charge >= 0.3 is 0 Å². The van der Waals surface area contributed by atoms with Gasteiger partial charge in [0.15, 0.2) is 0 Å². The molecule has 0 aromatic heterocycles. The summed E-state index contributed by atoms with van der Waals surface area (Å²) in [7, 11) is 0. The van der Waals surface area contributed by atoms with E-state index in [9.17, 15) is 8.78 Å². The average Bonchev–Trinajstić information content (AvgIpc) is 2.12. The van der Waals surface area contributed by atoms with Gasteiger partial charge in [0, 0.05) is 18.2 Å². The van der Waals surface area contributed by atoms with E-state index in [0.717, 1.165) is 12.1 Å². The van der Waals surface area contributed by atoms with Crippen LogP contribution in [0.15, 0.2) is 12.1 Å². The van der Waals surface area contributed by atoms with Gasteiger partial charge in [0.1, 0.15) is 11.6 Å². The first kappa shape index (κ1) is 10.4. The molecule has 1 aromatic rings. The second-order valence-corrected chi connectivity index (χ2v) is 3.01. The fraction of sp³-hybridized carbons (Fsp3) is 0.250. The molecule has 0 aliphatic heterocycles. The van der Waals surface area contributed by atoms with Crippen LogP contribution in [0.3, 0.4) is 0 Å². The molecule has 0 aliphatic carbocycles. The Morgan fingerprint density at radius 1 is 1.38 bits per heavy atom. The molecule has 0 saturated carbocycles. The van der Waals surface area contributed by atoms with Gasteiger partial charge in [-0.3, -0.25) is 0 Å². The Bertz CT molecular complexity index is 317. The maximum absolute atomic E-state index is 13.2. The van der Waals surface area contributed by atoms with Crippen LogP contribution in [0.4, 0.5) is 8.78 Å². The lowest BCUT2D eigenvalue weighted by atomic mass is 10.1. The summed E-state index contributed by atoms with van der Waals surface area (Å²) >= 11 is 5.45. The minimum atomic E-state index is -0.862. The molecule has 5 heteroatoms. The third-order valence-corrected chi connectivity index (χ3v) is 2.00. The zero-order valence-corrected chi connectivity index (χ0v) is 7.48. The Morgan fingerprint density at radius 3 is 2.54 bits per heavy atom. The molecule has 13 heavy (non-hydrogen) atoms. The van der Waals surface area contributed by atoms with Crippen molar-refractivity contribution in [2.24, 2.45) is 11.5 Å². The summed E-state index contributed by atoms with van der Waals surface area (Å²) in [6.45, 7) is -0.0335. The van der Waals surface area contributed by atoms with E-state index in [1.54, 1.807) is 0 Å². The van der Waals surface area contributed by atoms with Crippen molar-refractivity contribution < 1.29 is 8.78 Å². The standard InChI is InChI=1S/C8H9ClF2N2/c9-4-1-2-5(10)7(8(4)11)6(13)3-12/h1-2,6H,3,12-13H2. The number of hydrogen-bond donors (Lipinski definition) is 2. The molecule has 4 N–H and O–H groups in total. The van der Waals surface area contributed by atoms with Crippen LogP contribution in [-0.4, -0.2) is 6.54 Å². The first-order valence-electron chi connectivity index (χ1n) is 3.67. The molecule has 0 amide bonds. The maximum Gasteiger partial charge on any atom is 0.149 e. The molecule has 0 fully saturated rings. The molecular weight excluding hydrogens is 198 g/mol. The van der Waals surface area contributed by atoms with Crippen molar-refractivity contribution in [2.75, 3.05) is 6.54 Å². The molecule has 1 rings (SSSR count). The van der Waals surface area contributed by atoms with Crippen LogP contribution in [0.1, 0.15) is 11.6 Å². The third-order valence-electron chi connectivity index (χ3n) is 1.70. The lowest BCUT2D eigenvalue weighted by Gasteiger charge is -2.11. The first-order chi connectivity index (χ1) is 6.07. The molecule has 72 valence electrons. The summed E-state index contributed by atoms with van der Waals surface area (Å²) < 4.78 is 26.2. The van der Waals surface area contributed by atoms with E-state index >= 15 is 0 Å². The molecule has 0 saturated heterocycles. The van der Waals surface area contributed by atoms with Crippen LogP contribution in [-0.2, 0) is 0 Å². The highest BCUT2D eigenvalue weighted by molar-refractivity contribution is 6.30. The second kappa shape index (κ2) is 4.00. The summed E-state index contributed by atoms with van der Waals surface area (Å²) in [6, 6.07) is 1.34. The van der Waals surface area contributed by atoms with Gasteiger partial charge in [-0.15, -0.1) is 0 Å². The van der Waals surface area contributed by atoms with Crippen molar-refractivity contribution in [2.45, 2.75) is 6.04 Å². The summed E-state index contributed by atoms with van der Waals surface area (Å²) in [5.41, 5.74) is 10.3. The monoisotopic (exact) mass is 206 g/mol. The second-order valence-electron chi connectivity index (χ2n) is 2.60. The van der Waals surface area contributed by atoms with Crippen LogP contribution in [0.25, 0.3) is 0 Å². The Balaban J connectivity index is 3.25. The fourth-order valence-corrected chi connectivity index (χ4v) is 1.17. The number of rotatable bonds is 2.